The Morgan fingerprint density at radius 1 is 0.545 bits per heavy atom. The Bertz CT molecular complexity index is 1360. The zero-order valence-electron chi connectivity index (χ0n) is 16.8. The lowest BCUT2D eigenvalue weighted by molar-refractivity contribution is 0.471. The summed E-state index contributed by atoms with van der Waals surface area (Å²) in [7, 11) is 0. The Morgan fingerprint density at radius 2 is 0.939 bits per heavy atom. The van der Waals surface area contributed by atoms with Crippen molar-refractivity contribution in [2.45, 2.75) is 5.41 Å². The standard InChI is InChI=1S/C25H16Br4N2O2/c26-11-1-3-13-14-4-2-12(27)10-18(14)25(17(13)9-11,15-5-7-19(30)23(32)21(15)28)16-6-8-20(31)24(33)22(16)29/h1-10,32-33H,30-31H2. The Kier molecular flexibility index (Phi) is 5.55. The van der Waals surface area contributed by atoms with Crippen LogP contribution in [0.5, 0.6) is 11.5 Å². The summed E-state index contributed by atoms with van der Waals surface area (Å²) >= 11 is 14.5. The molecule has 1 aliphatic carbocycles. The van der Waals surface area contributed by atoms with Gasteiger partial charge in [-0.05, 0) is 102 Å². The Labute approximate surface area is 224 Å². The van der Waals surface area contributed by atoms with Crippen molar-refractivity contribution < 1.29 is 10.2 Å². The summed E-state index contributed by atoms with van der Waals surface area (Å²) < 4.78 is 2.77. The fourth-order valence-corrected chi connectivity index (χ4v) is 6.77. The molecule has 0 bridgehead atoms. The molecular formula is C25H16Br4N2O2. The molecule has 0 atom stereocenters. The van der Waals surface area contributed by atoms with E-state index in [4.69, 9.17) is 11.5 Å². The zero-order valence-corrected chi connectivity index (χ0v) is 23.2. The van der Waals surface area contributed by atoms with Crippen molar-refractivity contribution in [1.29, 1.82) is 0 Å². The molecule has 0 heterocycles. The first-order valence-corrected chi connectivity index (χ1v) is 13.0. The number of nitrogen functional groups attached to an aromatic ring is 2. The van der Waals surface area contributed by atoms with Crippen LogP contribution in [0.4, 0.5) is 11.4 Å². The fraction of sp³-hybridized carbons (Fsp3) is 0.0400. The van der Waals surface area contributed by atoms with Crippen molar-refractivity contribution in [3.63, 3.8) is 0 Å². The highest BCUT2D eigenvalue weighted by molar-refractivity contribution is 9.11. The van der Waals surface area contributed by atoms with Crippen molar-refractivity contribution in [3.8, 4) is 22.6 Å². The number of fused-ring (bicyclic) bond motifs is 3. The highest BCUT2D eigenvalue weighted by atomic mass is 79.9. The van der Waals surface area contributed by atoms with Crippen molar-refractivity contribution in [3.05, 3.63) is 101 Å². The van der Waals surface area contributed by atoms with Gasteiger partial charge in [-0.1, -0.05) is 56.1 Å². The number of phenols is 2. The highest BCUT2D eigenvalue weighted by Gasteiger charge is 2.49. The van der Waals surface area contributed by atoms with Crippen LogP contribution in [-0.4, -0.2) is 10.2 Å². The number of benzene rings is 4. The van der Waals surface area contributed by atoms with Gasteiger partial charge in [-0.3, -0.25) is 0 Å². The highest BCUT2D eigenvalue weighted by Crippen LogP contribution is 2.61. The van der Waals surface area contributed by atoms with Crippen LogP contribution in [-0.2, 0) is 5.41 Å². The monoisotopic (exact) mass is 692 g/mol. The van der Waals surface area contributed by atoms with Gasteiger partial charge in [0.1, 0.15) is 0 Å². The van der Waals surface area contributed by atoms with Crippen LogP contribution >= 0.6 is 63.7 Å². The molecule has 4 aromatic carbocycles. The normalized spacial score (nSPS) is 13.6. The summed E-state index contributed by atoms with van der Waals surface area (Å²) in [6.45, 7) is 0. The number of anilines is 2. The van der Waals surface area contributed by atoms with E-state index >= 15 is 0 Å². The Morgan fingerprint density at radius 3 is 1.33 bits per heavy atom. The van der Waals surface area contributed by atoms with Crippen molar-refractivity contribution >= 4 is 75.1 Å². The minimum atomic E-state index is -0.910. The molecule has 0 aromatic heterocycles. The number of rotatable bonds is 2. The quantitative estimate of drug-likeness (QED) is 0.113. The van der Waals surface area contributed by atoms with Gasteiger partial charge in [0.05, 0.1) is 25.7 Å². The van der Waals surface area contributed by atoms with Crippen LogP contribution in [0.15, 0.2) is 78.6 Å². The predicted octanol–water partition coefficient (Wildman–Crippen LogP) is 7.68. The number of hydrogen-bond donors (Lipinski definition) is 4. The molecule has 5 rings (SSSR count). The van der Waals surface area contributed by atoms with Gasteiger partial charge in [0.15, 0.2) is 11.5 Å². The Balaban J connectivity index is 2.06. The van der Waals surface area contributed by atoms with E-state index < -0.39 is 5.41 Å². The van der Waals surface area contributed by atoms with Gasteiger partial charge in [0.2, 0.25) is 0 Å². The molecule has 0 aliphatic heterocycles. The van der Waals surface area contributed by atoms with E-state index in [0.29, 0.717) is 8.95 Å². The third-order valence-electron chi connectivity index (χ3n) is 6.16. The van der Waals surface area contributed by atoms with Crippen LogP contribution in [0, 0.1) is 0 Å². The first kappa shape index (κ1) is 22.8. The first-order valence-electron chi connectivity index (χ1n) is 9.83. The smallest absolute Gasteiger partial charge is 0.152 e. The predicted molar refractivity (Wildman–Crippen MR) is 147 cm³/mol. The number of halogens is 4. The number of nitrogens with two attached hydrogens (primary N) is 2. The number of phenolic OH excluding ortho intramolecular Hbond substituents is 2. The van der Waals surface area contributed by atoms with Crippen molar-refractivity contribution in [2.24, 2.45) is 0 Å². The Hall–Kier alpha value is -2.00. The van der Waals surface area contributed by atoms with Gasteiger partial charge in [-0.15, -0.1) is 0 Å². The van der Waals surface area contributed by atoms with Gasteiger partial charge >= 0.3 is 0 Å². The second-order valence-corrected chi connectivity index (χ2v) is 11.3. The molecule has 8 heteroatoms. The number of hydrogen-bond acceptors (Lipinski definition) is 4. The van der Waals surface area contributed by atoms with Crippen LogP contribution < -0.4 is 11.5 Å². The van der Waals surface area contributed by atoms with Gasteiger partial charge in [0, 0.05) is 8.95 Å². The molecule has 4 aromatic rings. The average Bonchev–Trinajstić information content (AvgIpc) is 3.05. The second kappa shape index (κ2) is 8.05. The lowest BCUT2D eigenvalue weighted by atomic mass is 9.67. The second-order valence-electron chi connectivity index (χ2n) is 7.86. The van der Waals surface area contributed by atoms with E-state index in [1.807, 2.05) is 24.3 Å². The van der Waals surface area contributed by atoms with Crippen molar-refractivity contribution in [1.82, 2.24) is 0 Å². The molecule has 33 heavy (non-hydrogen) atoms. The van der Waals surface area contributed by atoms with E-state index in [2.05, 4.69) is 88.0 Å². The van der Waals surface area contributed by atoms with E-state index in [1.165, 1.54) is 0 Å². The maximum atomic E-state index is 10.8. The maximum Gasteiger partial charge on any atom is 0.152 e. The third kappa shape index (κ3) is 3.18. The van der Waals surface area contributed by atoms with Crippen LogP contribution in [0.2, 0.25) is 0 Å². The molecule has 166 valence electrons. The molecule has 0 saturated heterocycles. The molecule has 0 fully saturated rings. The molecule has 0 radical (unpaired) electrons. The third-order valence-corrected chi connectivity index (χ3v) is 8.76. The largest absolute Gasteiger partial charge is 0.505 e. The molecule has 0 unspecified atom stereocenters. The van der Waals surface area contributed by atoms with E-state index in [1.54, 1.807) is 12.1 Å². The molecule has 0 saturated carbocycles. The minimum absolute atomic E-state index is 0.0392. The van der Waals surface area contributed by atoms with Crippen LogP contribution in [0.1, 0.15) is 22.3 Å². The van der Waals surface area contributed by atoms with E-state index in [-0.39, 0.29) is 22.9 Å². The average molecular weight is 696 g/mol. The van der Waals surface area contributed by atoms with Gasteiger partial charge in [-0.2, -0.15) is 0 Å². The zero-order chi connectivity index (χ0) is 23.7. The SMILES string of the molecule is Nc1ccc(C2(c3ccc(N)c(O)c3Br)c3cc(Br)ccc3-c3ccc(Br)cc32)c(Br)c1O. The summed E-state index contributed by atoms with van der Waals surface area (Å²) in [6, 6.07) is 19.5. The molecule has 1 aliphatic rings. The summed E-state index contributed by atoms with van der Waals surface area (Å²) in [6.07, 6.45) is 0. The molecule has 6 N–H and O–H groups in total. The summed E-state index contributed by atoms with van der Waals surface area (Å²) in [5.74, 6) is -0.0784. The molecule has 0 amide bonds. The van der Waals surface area contributed by atoms with Crippen LogP contribution in [0.25, 0.3) is 11.1 Å². The van der Waals surface area contributed by atoms with E-state index in [0.717, 1.165) is 42.3 Å². The van der Waals surface area contributed by atoms with Crippen molar-refractivity contribution in [2.75, 3.05) is 11.5 Å². The summed E-state index contributed by atoms with van der Waals surface area (Å²) in [4.78, 5) is 0. The maximum absolute atomic E-state index is 10.8. The molecular weight excluding hydrogens is 680 g/mol. The molecule has 4 nitrogen and oxygen atoms in total. The summed E-state index contributed by atoms with van der Waals surface area (Å²) in [5.41, 5.74) is 17.3. The first-order chi connectivity index (χ1) is 15.7. The summed E-state index contributed by atoms with van der Waals surface area (Å²) in [5, 5.41) is 21.6. The topological polar surface area (TPSA) is 92.5 Å². The fourth-order valence-electron chi connectivity index (χ4n) is 4.73. The van der Waals surface area contributed by atoms with Gasteiger partial charge < -0.3 is 21.7 Å². The van der Waals surface area contributed by atoms with E-state index in [9.17, 15) is 10.2 Å². The number of aromatic hydroxyl groups is 2. The lowest BCUT2D eigenvalue weighted by Crippen LogP contribution is -2.30. The molecule has 0 spiro atoms. The van der Waals surface area contributed by atoms with Gasteiger partial charge in [0.25, 0.3) is 0 Å². The lowest BCUT2D eigenvalue weighted by Gasteiger charge is -2.36. The van der Waals surface area contributed by atoms with Gasteiger partial charge in [-0.25, -0.2) is 0 Å². The van der Waals surface area contributed by atoms with Crippen LogP contribution in [0.3, 0.4) is 0 Å². The minimum Gasteiger partial charge on any atom is -0.505 e.